The first-order valence-corrected chi connectivity index (χ1v) is 9.03. The molecular weight excluding hydrogens is 278 g/mol. The van der Waals surface area contributed by atoms with Gasteiger partial charge >= 0.3 is 5.97 Å². The summed E-state index contributed by atoms with van der Waals surface area (Å²) in [6.07, 6.45) is 14.6. The molecule has 0 aliphatic rings. The number of amides is 1. The van der Waals surface area contributed by atoms with Crippen molar-refractivity contribution in [2.75, 3.05) is 13.6 Å². The van der Waals surface area contributed by atoms with E-state index in [1.807, 2.05) is 0 Å². The minimum Gasteiger partial charge on any atom is -0.481 e. The number of hydrogen-bond acceptors (Lipinski definition) is 2. The molecule has 0 rings (SSSR count). The predicted octanol–water partition coefficient (Wildman–Crippen LogP) is 4.62. The van der Waals surface area contributed by atoms with E-state index in [0.717, 1.165) is 12.8 Å². The van der Waals surface area contributed by atoms with Crippen LogP contribution in [0, 0.1) is 0 Å². The Morgan fingerprint density at radius 3 is 1.68 bits per heavy atom. The maximum absolute atomic E-state index is 11.7. The third kappa shape index (κ3) is 13.9. The zero-order chi connectivity index (χ0) is 16.6. The summed E-state index contributed by atoms with van der Waals surface area (Å²) in [5.74, 6) is -0.786. The maximum atomic E-state index is 11.7. The Morgan fingerprint density at radius 1 is 0.773 bits per heavy atom. The Morgan fingerprint density at radius 2 is 1.23 bits per heavy atom. The molecule has 0 unspecified atom stereocenters. The van der Waals surface area contributed by atoms with E-state index < -0.39 is 5.97 Å². The number of carboxylic acid groups (broad SMARTS) is 1. The Labute approximate surface area is 136 Å². The van der Waals surface area contributed by atoms with Crippen LogP contribution in [-0.4, -0.2) is 35.5 Å². The molecule has 130 valence electrons. The highest BCUT2D eigenvalue weighted by atomic mass is 16.4. The van der Waals surface area contributed by atoms with Crippen LogP contribution in [0.1, 0.15) is 90.4 Å². The van der Waals surface area contributed by atoms with Crippen molar-refractivity contribution < 1.29 is 14.7 Å². The number of carboxylic acids is 1. The van der Waals surface area contributed by atoms with Crippen LogP contribution in [0.25, 0.3) is 0 Å². The Kier molecular flexibility index (Phi) is 14.1. The second-order valence-electron chi connectivity index (χ2n) is 6.24. The molecule has 0 fully saturated rings. The highest BCUT2D eigenvalue weighted by molar-refractivity contribution is 5.76. The fourth-order valence-electron chi connectivity index (χ4n) is 2.52. The lowest BCUT2D eigenvalue weighted by Gasteiger charge is -2.15. The minimum absolute atomic E-state index is 0.0283. The van der Waals surface area contributed by atoms with Crippen LogP contribution >= 0.6 is 0 Å². The van der Waals surface area contributed by atoms with Gasteiger partial charge in [0.25, 0.3) is 0 Å². The lowest BCUT2D eigenvalue weighted by Crippen LogP contribution is -2.28. The largest absolute Gasteiger partial charge is 0.481 e. The van der Waals surface area contributed by atoms with E-state index in [4.69, 9.17) is 5.11 Å². The van der Waals surface area contributed by atoms with Crippen molar-refractivity contribution in [3.63, 3.8) is 0 Å². The average Bonchev–Trinajstić information content (AvgIpc) is 2.49. The van der Waals surface area contributed by atoms with E-state index in [9.17, 15) is 9.59 Å². The van der Waals surface area contributed by atoms with Gasteiger partial charge < -0.3 is 10.0 Å². The lowest BCUT2D eigenvalue weighted by atomic mass is 10.1. The fourth-order valence-corrected chi connectivity index (χ4v) is 2.52. The molecule has 0 radical (unpaired) electrons. The summed E-state index contributed by atoms with van der Waals surface area (Å²) in [7, 11) is 1.68. The van der Waals surface area contributed by atoms with Crippen LogP contribution in [-0.2, 0) is 9.59 Å². The third-order valence-electron chi connectivity index (χ3n) is 4.08. The zero-order valence-corrected chi connectivity index (χ0v) is 14.6. The van der Waals surface area contributed by atoms with Gasteiger partial charge in [-0.15, -0.1) is 0 Å². The number of carbonyl (C=O) groups excluding carboxylic acids is 1. The highest BCUT2D eigenvalue weighted by Crippen LogP contribution is 2.12. The Hall–Kier alpha value is -1.06. The SMILES string of the molecule is CCCCCCCCCCCCCC(=O)N(C)CCC(=O)O. The summed E-state index contributed by atoms with van der Waals surface area (Å²) in [5.41, 5.74) is 0. The summed E-state index contributed by atoms with van der Waals surface area (Å²) < 4.78 is 0. The number of rotatable bonds is 15. The van der Waals surface area contributed by atoms with E-state index >= 15 is 0 Å². The molecule has 1 N–H and O–H groups in total. The van der Waals surface area contributed by atoms with Crippen LogP contribution in [0.3, 0.4) is 0 Å². The molecule has 0 saturated carbocycles. The number of nitrogens with zero attached hydrogens (tertiary/aromatic N) is 1. The van der Waals surface area contributed by atoms with Gasteiger partial charge in [-0.05, 0) is 6.42 Å². The van der Waals surface area contributed by atoms with Gasteiger partial charge in [0.05, 0.1) is 6.42 Å². The van der Waals surface area contributed by atoms with Crippen molar-refractivity contribution in [1.29, 1.82) is 0 Å². The first-order valence-electron chi connectivity index (χ1n) is 9.03. The van der Waals surface area contributed by atoms with Gasteiger partial charge in [0.2, 0.25) is 5.91 Å². The minimum atomic E-state index is -0.852. The molecule has 0 spiro atoms. The molecule has 0 atom stereocenters. The topological polar surface area (TPSA) is 57.6 Å². The number of hydrogen-bond donors (Lipinski definition) is 1. The number of carbonyl (C=O) groups is 2. The van der Waals surface area contributed by atoms with Gasteiger partial charge in [0, 0.05) is 20.0 Å². The molecule has 0 aliphatic carbocycles. The Bertz CT molecular complexity index is 292. The molecular formula is C18H35NO3. The van der Waals surface area contributed by atoms with Gasteiger partial charge in [-0.25, -0.2) is 0 Å². The molecule has 0 aromatic carbocycles. The van der Waals surface area contributed by atoms with Crippen molar-refractivity contribution in [2.24, 2.45) is 0 Å². The van der Waals surface area contributed by atoms with Crippen molar-refractivity contribution >= 4 is 11.9 Å². The van der Waals surface area contributed by atoms with Crippen LogP contribution in [0.15, 0.2) is 0 Å². The van der Waals surface area contributed by atoms with Crippen LogP contribution in [0.5, 0.6) is 0 Å². The van der Waals surface area contributed by atoms with Crippen molar-refractivity contribution in [1.82, 2.24) is 4.90 Å². The monoisotopic (exact) mass is 313 g/mol. The van der Waals surface area contributed by atoms with Gasteiger partial charge in [-0.2, -0.15) is 0 Å². The lowest BCUT2D eigenvalue weighted by molar-refractivity contribution is -0.138. The van der Waals surface area contributed by atoms with Crippen LogP contribution in [0.2, 0.25) is 0 Å². The average molecular weight is 313 g/mol. The molecule has 1 amide bonds. The highest BCUT2D eigenvalue weighted by Gasteiger charge is 2.09. The van der Waals surface area contributed by atoms with E-state index in [0.29, 0.717) is 13.0 Å². The number of unbranched alkanes of at least 4 members (excludes halogenated alkanes) is 10. The summed E-state index contributed by atoms with van der Waals surface area (Å²) in [4.78, 5) is 23.7. The molecule has 22 heavy (non-hydrogen) atoms. The molecule has 0 aromatic heterocycles. The standard InChI is InChI=1S/C18H35NO3/c1-3-4-5-6-7-8-9-10-11-12-13-14-17(20)19(2)16-15-18(21)22/h3-16H2,1-2H3,(H,21,22). The molecule has 0 aromatic rings. The second-order valence-corrected chi connectivity index (χ2v) is 6.24. The van der Waals surface area contributed by atoms with Crippen molar-refractivity contribution in [3.05, 3.63) is 0 Å². The third-order valence-corrected chi connectivity index (χ3v) is 4.08. The molecule has 0 heterocycles. The summed E-state index contributed by atoms with van der Waals surface area (Å²) >= 11 is 0. The normalized spacial score (nSPS) is 10.6. The first-order chi connectivity index (χ1) is 10.6. The molecule has 4 nitrogen and oxygen atoms in total. The smallest absolute Gasteiger partial charge is 0.305 e. The van der Waals surface area contributed by atoms with Crippen molar-refractivity contribution in [2.45, 2.75) is 90.4 Å². The van der Waals surface area contributed by atoms with E-state index in [-0.39, 0.29) is 12.3 Å². The van der Waals surface area contributed by atoms with Crippen LogP contribution in [0.4, 0.5) is 0 Å². The quantitative estimate of drug-likeness (QED) is 0.449. The summed E-state index contributed by atoms with van der Waals surface area (Å²) in [5, 5.41) is 8.58. The maximum Gasteiger partial charge on any atom is 0.305 e. The van der Waals surface area contributed by atoms with Gasteiger partial charge in [-0.1, -0.05) is 71.1 Å². The zero-order valence-electron chi connectivity index (χ0n) is 14.6. The van der Waals surface area contributed by atoms with Crippen LogP contribution < -0.4 is 0 Å². The number of aliphatic carboxylic acids is 1. The molecule has 0 aliphatic heterocycles. The fraction of sp³-hybridized carbons (Fsp3) is 0.889. The predicted molar refractivity (Wildman–Crippen MR) is 91.0 cm³/mol. The molecule has 0 bridgehead atoms. The second kappa shape index (κ2) is 14.9. The van der Waals surface area contributed by atoms with E-state index in [1.54, 1.807) is 7.05 Å². The van der Waals surface area contributed by atoms with E-state index in [2.05, 4.69) is 6.92 Å². The summed E-state index contributed by atoms with van der Waals surface area (Å²) in [6, 6.07) is 0. The molecule has 0 saturated heterocycles. The van der Waals surface area contributed by atoms with Gasteiger partial charge in [-0.3, -0.25) is 9.59 Å². The van der Waals surface area contributed by atoms with E-state index in [1.165, 1.54) is 62.7 Å². The van der Waals surface area contributed by atoms with Crippen molar-refractivity contribution in [3.8, 4) is 0 Å². The van der Waals surface area contributed by atoms with Gasteiger partial charge in [0.1, 0.15) is 0 Å². The molecule has 4 heteroatoms. The summed E-state index contributed by atoms with van der Waals surface area (Å²) in [6.45, 7) is 2.56. The first kappa shape index (κ1) is 20.9. The Balaban J connectivity index is 3.31. The van der Waals surface area contributed by atoms with Gasteiger partial charge in [0.15, 0.2) is 0 Å².